The Morgan fingerprint density at radius 3 is 2.25 bits per heavy atom. The van der Waals surface area contributed by atoms with E-state index in [1.54, 1.807) is 6.92 Å². The molecule has 0 aliphatic heterocycles. The Kier molecular flexibility index (Phi) is 5.90. The molecule has 1 unspecified atom stereocenters. The van der Waals surface area contributed by atoms with E-state index in [1.165, 1.54) is 0 Å². The van der Waals surface area contributed by atoms with Gasteiger partial charge in [-0.1, -0.05) is 6.92 Å². The van der Waals surface area contributed by atoms with Crippen LogP contribution in [0.3, 0.4) is 0 Å². The van der Waals surface area contributed by atoms with Gasteiger partial charge in [0.25, 0.3) is 0 Å². The van der Waals surface area contributed by atoms with Crippen molar-refractivity contribution in [1.82, 2.24) is 0 Å². The molecule has 0 saturated carbocycles. The number of hydrogen-bond acceptors (Lipinski definition) is 2. The molecule has 0 heterocycles. The van der Waals surface area contributed by atoms with Gasteiger partial charge in [0.05, 0.1) is 5.92 Å². The molecule has 0 amide bonds. The smallest absolute Gasteiger partial charge is 0.307 e. The molecule has 5 N–H and O–H groups in total. The summed E-state index contributed by atoms with van der Waals surface area (Å²) in [5.41, 5.74) is 4.99. The molecule has 4 nitrogen and oxygen atoms in total. The van der Waals surface area contributed by atoms with Crippen molar-refractivity contribution in [2.45, 2.75) is 6.92 Å². The van der Waals surface area contributed by atoms with Crippen molar-refractivity contribution in [3.63, 3.8) is 0 Å². The molecule has 0 aliphatic rings. The van der Waals surface area contributed by atoms with Gasteiger partial charge >= 0.3 is 5.97 Å². The minimum atomic E-state index is -0.831. The van der Waals surface area contributed by atoms with Gasteiger partial charge in [-0.15, -0.1) is 0 Å². The lowest BCUT2D eigenvalue weighted by Crippen LogP contribution is -2.19. The fourth-order valence-electron chi connectivity index (χ4n) is 0.101. The summed E-state index contributed by atoms with van der Waals surface area (Å²) in [6, 6.07) is 0. The zero-order valence-corrected chi connectivity index (χ0v) is 4.72. The first kappa shape index (κ1) is 10.4. The Morgan fingerprint density at radius 1 is 1.88 bits per heavy atom. The predicted octanol–water partition coefficient (Wildman–Crippen LogP) is -1.16. The molecular weight excluding hydrogens is 110 g/mol. The van der Waals surface area contributed by atoms with Gasteiger partial charge < -0.3 is 16.3 Å². The highest BCUT2D eigenvalue weighted by atomic mass is 16.4. The molecule has 0 bridgehead atoms. The largest absolute Gasteiger partial charge is 0.481 e. The molecule has 0 aromatic rings. The van der Waals surface area contributed by atoms with Crippen LogP contribution in [0.5, 0.6) is 0 Å². The number of aliphatic carboxylic acids is 1. The van der Waals surface area contributed by atoms with Crippen molar-refractivity contribution in [3.8, 4) is 0 Å². The summed E-state index contributed by atoms with van der Waals surface area (Å²) in [4.78, 5) is 9.85. The Labute approximate surface area is 47.6 Å². The molecule has 8 heavy (non-hydrogen) atoms. The summed E-state index contributed by atoms with van der Waals surface area (Å²) in [7, 11) is 0. The maximum atomic E-state index is 9.85. The van der Waals surface area contributed by atoms with Crippen LogP contribution in [-0.4, -0.2) is 23.1 Å². The van der Waals surface area contributed by atoms with Crippen LogP contribution >= 0.6 is 0 Å². The third kappa shape index (κ3) is 3.58. The van der Waals surface area contributed by atoms with E-state index >= 15 is 0 Å². The monoisotopic (exact) mass is 121 g/mol. The second kappa shape index (κ2) is 4.55. The average molecular weight is 121 g/mol. The zero-order valence-electron chi connectivity index (χ0n) is 4.72. The molecule has 4 heteroatoms. The Bertz CT molecular complexity index is 73.7. The minimum absolute atomic E-state index is 0. The van der Waals surface area contributed by atoms with E-state index in [-0.39, 0.29) is 12.0 Å². The average Bonchev–Trinajstić information content (AvgIpc) is 1.65. The van der Waals surface area contributed by atoms with E-state index in [2.05, 4.69) is 0 Å². The number of hydrogen-bond donors (Lipinski definition) is 2. The lowest BCUT2D eigenvalue weighted by atomic mass is 10.2. The number of nitrogens with two attached hydrogens (primary N) is 1. The predicted molar refractivity (Wildman–Crippen MR) is 29.5 cm³/mol. The van der Waals surface area contributed by atoms with E-state index in [9.17, 15) is 4.79 Å². The number of carboxylic acid groups (broad SMARTS) is 1. The van der Waals surface area contributed by atoms with Crippen LogP contribution in [0.1, 0.15) is 6.92 Å². The van der Waals surface area contributed by atoms with Gasteiger partial charge in [0.15, 0.2) is 0 Å². The molecule has 0 aromatic carbocycles. The van der Waals surface area contributed by atoms with Gasteiger partial charge in [0.2, 0.25) is 0 Å². The number of carboxylic acids is 1. The second-order valence-corrected chi connectivity index (χ2v) is 1.47. The lowest BCUT2D eigenvalue weighted by molar-refractivity contribution is -0.140. The van der Waals surface area contributed by atoms with Crippen LogP contribution in [0.4, 0.5) is 0 Å². The first-order valence-corrected chi connectivity index (χ1v) is 2.11. The summed E-state index contributed by atoms with van der Waals surface area (Å²) in [6.45, 7) is 1.79. The molecule has 0 fully saturated rings. The van der Waals surface area contributed by atoms with Gasteiger partial charge in [-0.25, -0.2) is 0 Å². The maximum Gasteiger partial charge on any atom is 0.307 e. The summed E-state index contributed by atoms with van der Waals surface area (Å²) < 4.78 is 0. The fourth-order valence-corrected chi connectivity index (χ4v) is 0.101. The van der Waals surface area contributed by atoms with Crippen LogP contribution in [0.2, 0.25) is 0 Å². The van der Waals surface area contributed by atoms with E-state index in [1.807, 2.05) is 0 Å². The van der Waals surface area contributed by atoms with Gasteiger partial charge in [-0.05, 0) is 0 Å². The van der Waals surface area contributed by atoms with E-state index in [0.717, 1.165) is 0 Å². The van der Waals surface area contributed by atoms with Crippen LogP contribution < -0.4 is 5.73 Å². The highest BCUT2D eigenvalue weighted by Gasteiger charge is 2.05. The van der Waals surface area contributed by atoms with Crippen LogP contribution in [0, 0.1) is 5.92 Å². The van der Waals surface area contributed by atoms with Crippen molar-refractivity contribution < 1.29 is 15.4 Å². The first-order chi connectivity index (χ1) is 3.18. The van der Waals surface area contributed by atoms with Crippen molar-refractivity contribution in [1.29, 1.82) is 0 Å². The SMILES string of the molecule is CC(CN)C(=O)O.O. The van der Waals surface area contributed by atoms with Crippen molar-refractivity contribution in [2.24, 2.45) is 11.7 Å². The summed E-state index contributed by atoms with van der Waals surface area (Å²) in [5, 5.41) is 8.10. The lowest BCUT2D eigenvalue weighted by Gasteiger charge is -1.96. The third-order valence-electron chi connectivity index (χ3n) is 0.775. The molecular formula is C4H11NO3. The first-order valence-electron chi connectivity index (χ1n) is 2.11. The van der Waals surface area contributed by atoms with Gasteiger partial charge in [-0.2, -0.15) is 0 Å². The van der Waals surface area contributed by atoms with E-state index in [0.29, 0.717) is 0 Å². The Hall–Kier alpha value is -0.610. The number of carbonyl (C=O) groups is 1. The number of rotatable bonds is 2. The van der Waals surface area contributed by atoms with Gasteiger partial charge in [0, 0.05) is 6.54 Å². The molecule has 0 saturated heterocycles. The zero-order chi connectivity index (χ0) is 5.86. The summed E-state index contributed by atoms with van der Waals surface area (Å²) in [5.74, 6) is -1.23. The van der Waals surface area contributed by atoms with E-state index < -0.39 is 11.9 Å². The highest BCUT2D eigenvalue weighted by Crippen LogP contribution is 1.87. The van der Waals surface area contributed by atoms with Gasteiger partial charge in [-0.3, -0.25) is 4.79 Å². The molecule has 0 rings (SSSR count). The van der Waals surface area contributed by atoms with Crippen LogP contribution in [-0.2, 0) is 4.79 Å². The highest BCUT2D eigenvalue weighted by molar-refractivity contribution is 5.69. The molecule has 0 aliphatic carbocycles. The third-order valence-corrected chi connectivity index (χ3v) is 0.775. The minimum Gasteiger partial charge on any atom is -0.481 e. The van der Waals surface area contributed by atoms with Crippen molar-refractivity contribution >= 4 is 5.97 Å². The van der Waals surface area contributed by atoms with Gasteiger partial charge in [0.1, 0.15) is 0 Å². The molecule has 1 atom stereocenters. The topological polar surface area (TPSA) is 94.8 Å². The molecule has 50 valence electrons. The standard InChI is InChI=1S/C4H9NO2.H2O/c1-3(2-5)4(6)7;/h3H,2,5H2,1H3,(H,6,7);1H2. The summed E-state index contributed by atoms with van der Waals surface area (Å²) >= 11 is 0. The maximum absolute atomic E-state index is 9.85. The molecule has 0 aromatic heterocycles. The fraction of sp³-hybridized carbons (Fsp3) is 0.750. The van der Waals surface area contributed by atoms with Crippen LogP contribution in [0.25, 0.3) is 0 Å². The van der Waals surface area contributed by atoms with Crippen LogP contribution in [0.15, 0.2) is 0 Å². The quantitative estimate of drug-likeness (QED) is 0.482. The Balaban J connectivity index is 0. The van der Waals surface area contributed by atoms with Crippen molar-refractivity contribution in [3.05, 3.63) is 0 Å². The molecule has 0 spiro atoms. The Morgan fingerprint density at radius 2 is 2.25 bits per heavy atom. The van der Waals surface area contributed by atoms with Crippen molar-refractivity contribution in [2.75, 3.05) is 6.54 Å². The van der Waals surface area contributed by atoms with E-state index in [4.69, 9.17) is 10.8 Å². The summed E-state index contributed by atoms with van der Waals surface area (Å²) in [6.07, 6.45) is 0. The second-order valence-electron chi connectivity index (χ2n) is 1.47. The molecule has 0 radical (unpaired) electrons. The normalized spacial score (nSPS) is 11.8.